The summed E-state index contributed by atoms with van der Waals surface area (Å²) < 4.78 is 45.2. The molecule has 2 amide bonds. The molecule has 0 spiro atoms. The van der Waals surface area contributed by atoms with E-state index in [0.29, 0.717) is 30.0 Å². The highest BCUT2D eigenvalue weighted by atomic mass is 32.2. The first-order valence-electron chi connectivity index (χ1n) is 13.0. The fourth-order valence-electron chi connectivity index (χ4n) is 4.03. The van der Waals surface area contributed by atoms with Crippen LogP contribution in [0.5, 0.6) is 5.75 Å². The van der Waals surface area contributed by atoms with Crippen LogP contribution in [-0.2, 0) is 26.2 Å². The lowest BCUT2D eigenvalue weighted by Crippen LogP contribution is -2.50. The number of amides is 2. The number of nitrogens with one attached hydrogen (secondary N) is 1. The molecule has 0 bridgehead atoms. The van der Waals surface area contributed by atoms with Gasteiger partial charge in [-0.25, -0.2) is 12.8 Å². The Bertz CT molecular complexity index is 1140. The Hall–Kier alpha value is -3.14. The van der Waals surface area contributed by atoms with Crippen molar-refractivity contribution in [2.45, 2.75) is 72.0 Å². The van der Waals surface area contributed by atoms with Crippen molar-refractivity contribution >= 4 is 27.5 Å². The molecule has 0 aromatic heterocycles. The first-order chi connectivity index (χ1) is 18.0. The largest absolute Gasteiger partial charge is 0.494 e. The van der Waals surface area contributed by atoms with Crippen molar-refractivity contribution in [1.29, 1.82) is 0 Å². The van der Waals surface area contributed by atoms with Crippen LogP contribution in [0.2, 0.25) is 0 Å². The van der Waals surface area contributed by atoms with Crippen LogP contribution in [0.15, 0.2) is 48.5 Å². The standard InChI is InChI=1S/C28H40FN3O5S/c1-6-21(4)30-28(34)26(7-2)31(20-22-11-13-23(29)14-12-22)27(33)10-9-19-32(38(5,35)36)24-15-17-25(18-16-24)37-8-3/h11-18,21,26H,6-10,19-20H2,1-5H3,(H,30,34)/t21-,26+/m1/s1. The number of ether oxygens (including phenoxy) is 1. The van der Waals surface area contributed by atoms with Crippen molar-refractivity contribution in [1.82, 2.24) is 10.2 Å². The van der Waals surface area contributed by atoms with Gasteiger partial charge in [-0.15, -0.1) is 0 Å². The summed E-state index contributed by atoms with van der Waals surface area (Å²) in [6.07, 6.45) is 2.57. The van der Waals surface area contributed by atoms with Gasteiger partial charge in [0.1, 0.15) is 17.6 Å². The van der Waals surface area contributed by atoms with E-state index in [4.69, 9.17) is 4.74 Å². The van der Waals surface area contributed by atoms with E-state index in [1.165, 1.54) is 21.3 Å². The zero-order valence-corrected chi connectivity index (χ0v) is 23.8. The van der Waals surface area contributed by atoms with Gasteiger partial charge in [0.2, 0.25) is 21.8 Å². The van der Waals surface area contributed by atoms with Gasteiger partial charge >= 0.3 is 0 Å². The molecule has 1 N–H and O–H groups in total. The van der Waals surface area contributed by atoms with E-state index in [1.807, 2.05) is 27.7 Å². The van der Waals surface area contributed by atoms with Crippen LogP contribution < -0.4 is 14.4 Å². The third-order valence-corrected chi connectivity index (χ3v) is 7.44. The number of sulfonamides is 1. The number of rotatable bonds is 15. The van der Waals surface area contributed by atoms with Crippen molar-refractivity contribution in [2.75, 3.05) is 23.7 Å². The van der Waals surface area contributed by atoms with Crippen LogP contribution in [0.3, 0.4) is 0 Å². The van der Waals surface area contributed by atoms with Gasteiger partial charge in [-0.1, -0.05) is 26.0 Å². The Labute approximate surface area is 226 Å². The molecule has 8 nitrogen and oxygen atoms in total. The summed E-state index contributed by atoms with van der Waals surface area (Å²) in [6.45, 7) is 8.30. The molecule has 210 valence electrons. The number of hydrogen-bond donors (Lipinski definition) is 1. The quantitative estimate of drug-likeness (QED) is 0.353. The van der Waals surface area contributed by atoms with Crippen LogP contribution in [0, 0.1) is 5.82 Å². The fourth-order valence-corrected chi connectivity index (χ4v) is 4.99. The summed E-state index contributed by atoms with van der Waals surface area (Å²) in [6, 6.07) is 11.8. The SMILES string of the molecule is CCOc1ccc(N(CCCC(=O)N(Cc2ccc(F)cc2)[C@@H](CC)C(=O)N[C@H](C)CC)S(C)(=O)=O)cc1. The zero-order chi connectivity index (χ0) is 28.3. The third kappa shape index (κ3) is 9.31. The molecule has 2 rings (SSSR count). The Kier molecular flexibility index (Phi) is 12.0. The Morgan fingerprint density at radius 3 is 2.16 bits per heavy atom. The van der Waals surface area contributed by atoms with E-state index in [0.717, 1.165) is 12.7 Å². The van der Waals surface area contributed by atoms with Gasteiger partial charge < -0.3 is 15.0 Å². The van der Waals surface area contributed by atoms with Gasteiger partial charge in [0, 0.05) is 25.6 Å². The lowest BCUT2D eigenvalue weighted by Gasteiger charge is -2.32. The van der Waals surface area contributed by atoms with Gasteiger partial charge in [-0.2, -0.15) is 0 Å². The topological polar surface area (TPSA) is 96.0 Å². The van der Waals surface area contributed by atoms with Crippen LogP contribution in [-0.4, -0.2) is 56.6 Å². The number of anilines is 1. The molecule has 2 aromatic rings. The highest BCUT2D eigenvalue weighted by Gasteiger charge is 2.29. The van der Waals surface area contributed by atoms with E-state index in [9.17, 15) is 22.4 Å². The third-order valence-electron chi connectivity index (χ3n) is 6.24. The van der Waals surface area contributed by atoms with Crippen molar-refractivity contribution in [3.05, 3.63) is 59.9 Å². The summed E-state index contributed by atoms with van der Waals surface area (Å²) in [5.74, 6) is -0.272. The molecule has 2 atom stereocenters. The average Bonchev–Trinajstić information content (AvgIpc) is 2.87. The Morgan fingerprint density at radius 1 is 1.00 bits per heavy atom. The molecule has 0 aliphatic heterocycles. The molecule has 0 heterocycles. The van der Waals surface area contributed by atoms with Gasteiger partial charge in [0.05, 0.1) is 18.6 Å². The first-order valence-corrected chi connectivity index (χ1v) is 14.9. The minimum Gasteiger partial charge on any atom is -0.494 e. The van der Waals surface area contributed by atoms with Crippen LogP contribution in [0.1, 0.15) is 58.9 Å². The average molecular weight is 550 g/mol. The van der Waals surface area contributed by atoms with Crippen molar-refractivity contribution < 1.29 is 27.1 Å². The molecule has 0 aliphatic carbocycles. The molecule has 38 heavy (non-hydrogen) atoms. The number of nitrogens with zero attached hydrogens (tertiary/aromatic N) is 2. The van der Waals surface area contributed by atoms with E-state index < -0.39 is 16.1 Å². The lowest BCUT2D eigenvalue weighted by molar-refractivity contribution is -0.141. The maximum Gasteiger partial charge on any atom is 0.243 e. The molecule has 0 saturated carbocycles. The summed E-state index contributed by atoms with van der Waals surface area (Å²) in [5.41, 5.74) is 1.17. The molecular formula is C28H40FN3O5S. The summed E-state index contributed by atoms with van der Waals surface area (Å²) in [5, 5.41) is 2.95. The van der Waals surface area contributed by atoms with E-state index in [-0.39, 0.29) is 49.6 Å². The second-order valence-electron chi connectivity index (χ2n) is 9.26. The molecule has 10 heteroatoms. The molecular weight excluding hydrogens is 509 g/mol. The summed E-state index contributed by atoms with van der Waals surface area (Å²) in [4.78, 5) is 28.0. The molecule has 0 saturated heterocycles. The number of hydrogen-bond acceptors (Lipinski definition) is 5. The van der Waals surface area contributed by atoms with Crippen LogP contribution in [0.4, 0.5) is 10.1 Å². The first kappa shape index (κ1) is 31.1. The summed E-state index contributed by atoms with van der Waals surface area (Å²) in [7, 11) is -3.60. The predicted octanol–water partition coefficient (Wildman–Crippen LogP) is 4.49. The maximum atomic E-state index is 13.5. The zero-order valence-electron chi connectivity index (χ0n) is 22.9. The van der Waals surface area contributed by atoms with E-state index in [2.05, 4.69) is 5.32 Å². The maximum absolute atomic E-state index is 13.5. The molecule has 0 unspecified atom stereocenters. The predicted molar refractivity (Wildman–Crippen MR) is 148 cm³/mol. The Balaban J connectivity index is 2.20. The van der Waals surface area contributed by atoms with Gasteiger partial charge in [0.25, 0.3) is 0 Å². The Morgan fingerprint density at radius 2 is 1.63 bits per heavy atom. The molecule has 2 aromatic carbocycles. The lowest BCUT2D eigenvalue weighted by atomic mass is 10.1. The summed E-state index contributed by atoms with van der Waals surface area (Å²) >= 11 is 0. The van der Waals surface area contributed by atoms with Gasteiger partial charge in [-0.3, -0.25) is 13.9 Å². The van der Waals surface area contributed by atoms with Gasteiger partial charge in [0.15, 0.2) is 0 Å². The second kappa shape index (κ2) is 14.7. The highest BCUT2D eigenvalue weighted by Crippen LogP contribution is 2.23. The van der Waals surface area contributed by atoms with E-state index in [1.54, 1.807) is 36.4 Å². The number of carbonyl (C=O) groups excluding carboxylic acids is 2. The number of benzene rings is 2. The minimum atomic E-state index is -3.60. The van der Waals surface area contributed by atoms with Crippen LogP contribution in [0.25, 0.3) is 0 Å². The number of carbonyl (C=O) groups is 2. The second-order valence-corrected chi connectivity index (χ2v) is 11.2. The van der Waals surface area contributed by atoms with Gasteiger partial charge in [-0.05, 0) is 75.1 Å². The normalized spacial score (nSPS) is 12.9. The smallest absolute Gasteiger partial charge is 0.243 e. The minimum absolute atomic E-state index is 0.0390. The van der Waals surface area contributed by atoms with Crippen molar-refractivity contribution in [2.24, 2.45) is 0 Å². The molecule has 0 radical (unpaired) electrons. The van der Waals surface area contributed by atoms with E-state index >= 15 is 0 Å². The van der Waals surface area contributed by atoms with Crippen LogP contribution >= 0.6 is 0 Å². The monoisotopic (exact) mass is 549 g/mol. The van der Waals surface area contributed by atoms with Crippen molar-refractivity contribution in [3.8, 4) is 5.75 Å². The molecule has 0 fully saturated rings. The highest BCUT2D eigenvalue weighted by molar-refractivity contribution is 7.92. The fraction of sp³-hybridized carbons (Fsp3) is 0.500. The number of halogens is 1. The molecule has 0 aliphatic rings. The van der Waals surface area contributed by atoms with Crippen molar-refractivity contribution in [3.63, 3.8) is 0 Å².